The standard InChI is InChI=1S/C18H21NO2/c1-20-15-7-4-6-14(11-15)19-18-8-3-5-13-9-10-16(21-2)12-17(13)18/h4,6-7,9-12,18-19H,3,5,8H2,1-2H3. The summed E-state index contributed by atoms with van der Waals surface area (Å²) in [6, 6.07) is 14.8. The first-order valence-corrected chi connectivity index (χ1v) is 7.37. The van der Waals surface area contributed by atoms with E-state index in [0.29, 0.717) is 6.04 Å². The molecule has 0 fully saturated rings. The molecule has 21 heavy (non-hydrogen) atoms. The Hall–Kier alpha value is -2.16. The molecule has 2 aromatic carbocycles. The smallest absolute Gasteiger partial charge is 0.120 e. The third-order valence-electron chi connectivity index (χ3n) is 4.08. The van der Waals surface area contributed by atoms with Gasteiger partial charge in [0.25, 0.3) is 0 Å². The molecular weight excluding hydrogens is 262 g/mol. The SMILES string of the molecule is COc1cccc(NC2CCCc3ccc(OC)cc32)c1. The predicted octanol–water partition coefficient (Wildman–Crippen LogP) is 4.19. The average molecular weight is 283 g/mol. The van der Waals surface area contributed by atoms with Gasteiger partial charge in [-0.3, -0.25) is 0 Å². The maximum absolute atomic E-state index is 5.37. The van der Waals surface area contributed by atoms with E-state index < -0.39 is 0 Å². The lowest BCUT2D eigenvalue weighted by molar-refractivity contribution is 0.412. The number of benzene rings is 2. The number of rotatable bonds is 4. The Morgan fingerprint density at radius 2 is 1.81 bits per heavy atom. The van der Waals surface area contributed by atoms with Crippen LogP contribution in [-0.2, 0) is 6.42 Å². The summed E-state index contributed by atoms with van der Waals surface area (Å²) in [6.07, 6.45) is 3.49. The fourth-order valence-corrected chi connectivity index (χ4v) is 2.97. The number of nitrogens with one attached hydrogen (secondary N) is 1. The lowest BCUT2D eigenvalue weighted by Crippen LogP contribution is -2.17. The first kappa shape index (κ1) is 13.8. The van der Waals surface area contributed by atoms with Gasteiger partial charge in [0, 0.05) is 11.8 Å². The Kier molecular flexibility index (Phi) is 4.00. The van der Waals surface area contributed by atoms with Crippen LogP contribution in [0.15, 0.2) is 42.5 Å². The van der Waals surface area contributed by atoms with E-state index >= 15 is 0 Å². The topological polar surface area (TPSA) is 30.5 Å². The minimum atomic E-state index is 0.330. The zero-order valence-electron chi connectivity index (χ0n) is 12.6. The molecule has 1 N–H and O–H groups in total. The van der Waals surface area contributed by atoms with E-state index in [1.54, 1.807) is 14.2 Å². The van der Waals surface area contributed by atoms with Crippen LogP contribution >= 0.6 is 0 Å². The maximum atomic E-state index is 5.37. The zero-order chi connectivity index (χ0) is 14.7. The zero-order valence-corrected chi connectivity index (χ0v) is 12.6. The highest BCUT2D eigenvalue weighted by Gasteiger charge is 2.20. The first-order chi connectivity index (χ1) is 10.3. The molecule has 0 aromatic heterocycles. The molecule has 0 radical (unpaired) electrons. The van der Waals surface area contributed by atoms with Crippen LogP contribution in [0.25, 0.3) is 0 Å². The van der Waals surface area contributed by atoms with E-state index in [0.717, 1.165) is 30.0 Å². The number of fused-ring (bicyclic) bond motifs is 1. The number of ether oxygens (including phenoxy) is 2. The molecule has 0 saturated heterocycles. The summed E-state index contributed by atoms with van der Waals surface area (Å²) in [7, 11) is 3.41. The molecule has 1 unspecified atom stereocenters. The third-order valence-corrected chi connectivity index (χ3v) is 4.08. The molecule has 3 rings (SSSR count). The predicted molar refractivity (Wildman–Crippen MR) is 85.3 cm³/mol. The van der Waals surface area contributed by atoms with Gasteiger partial charge in [0.1, 0.15) is 11.5 Å². The number of anilines is 1. The molecule has 0 spiro atoms. The van der Waals surface area contributed by atoms with E-state index in [1.165, 1.54) is 17.5 Å². The summed E-state index contributed by atoms with van der Waals surface area (Å²) >= 11 is 0. The van der Waals surface area contributed by atoms with E-state index in [2.05, 4.69) is 23.5 Å². The van der Waals surface area contributed by atoms with Crippen LogP contribution in [-0.4, -0.2) is 14.2 Å². The fraction of sp³-hybridized carbons (Fsp3) is 0.333. The van der Waals surface area contributed by atoms with E-state index in [4.69, 9.17) is 9.47 Å². The number of hydrogen-bond donors (Lipinski definition) is 1. The van der Waals surface area contributed by atoms with E-state index in [9.17, 15) is 0 Å². The monoisotopic (exact) mass is 283 g/mol. The first-order valence-electron chi connectivity index (χ1n) is 7.37. The van der Waals surface area contributed by atoms with Gasteiger partial charge in [-0.2, -0.15) is 0 Å². The summed E-state index contributed by atoms with van der Waals surface area (Å²) in [4.78, 5) is 0. The molecule has 0 saturated carbocycles. The third kappa shape index (κ3) is 2.97. The Labute approximate surface area is 125 Å². The molecule has 110 valence electrons. The van der Waals surface area contributed by atoms with Crippen molar-refractivity contribution >= 4 is 5.69 Å². The van der Waals surface area contributed by atoms with Crippen molar-refractivity contribution in [2.45, 2.75) is 25.3 Å². The molecule has 1 aliphatic rings. The summed E-state index contributed by atoms with van der Waals surface area (Å²) in [6.45, 7) is 0. The van der Waals surface area contributed by atoms with Gasteiger partial charge in [0.2, 0.25) is 0 Å². The molecule has 0 amide bonds. The Bertz CT molecular complexity index is 624. The quantitative estimate of drug-likeness (QED) is 0.912. The van der Waals surface area contributed by atoms with Crippen molar-refractivity contribution in [1.29, 1.82) is 0 Å². The normalized spacial score (nSPS) is 17.0. The van der Waals surface area contributed by atoms with Gasteiger partial charge in [-0.05, 0) is 54.7 Å². The van der Waals surface area contributed by atoms with Crippen molar-refractivity contribution in [3.8, 4) is 11.5 Å². The van der Waals surface area contributed by atoms with Gasteiger partial charge < -0.3 is 14.8 Å². The lowest BCUT2D eigenvalue weighted by atomic mass is 9.87. The largest absolute Gasteiger partial charge is 0.497 e. The molecule has 1 aliphatic carbocycles. The molecule has 3 nitrogen and oxygen atoms in total. The second kappa shape index (κ2) is 6.08. The summed E-state index contributed by atoms with van der Waals surface area (Å²) in [5.74, 6) is 1.80. The van der Waals surface area contributed by atoms with Crippen molar-refractivity contribution in [1.82, 2.24) is 0 Å². The van der Waals surface area contributed by atoms with Crippen LogP contribution in [0.4, 0.5) is 5.69 Å². The van der Waals surface area contributed by atoms with Gasteiger partial charge in [0.15, 0.2) is 0 Å². The average Bonchev–Trinajstić information content (AvgIpc) is 2.55. The van der Waals surface area contributed by atoms with Crippen molar-refractivity contribution < 1.29 is 9.47 Å². The summed E-state index contributed by atoms with van der Waals surface area (Å²) in [5.41, 5.74) is 3.86. The van der Waals surface area contributed by atoms with Crippen LogP contribution in [0.2, 0.25) is 0 Å². The number of aryl methyl sites for hydroxylation is 1. The van der Waals surface area contributed by atoms with Crippen LogP contribution in [0.1, 0.15) is 30.0 Å². The number of methoxy groups -OCH3 is 2. The van der Waals surface area contributed by atoms with Crippen molar-refractivity contribution in [2.24, 2.45) is 0 Å². The summed E-state index contributed by atoms with van der Waals surface area (Å²) in [5, 5.41) is 3.63. The highest BCUT2D eigenvalue weighted by molar-refractivity contribution is 5.51. The minimum absolute atomic E-state index is 0.330. The van der Waals surface area contributed by atoms with Gasteiger partial charge in [-0.15, -0.1) is 0 Å². The Morgan fingerprint density at radius 1 is 1.00 bits per heavy atom. The maximum Gasteiger partial charge on any atom is 0.120 e. The molecule has 3 heteroatoms. The van der Waals surface area contributed by atoms with Crippen molar-refractivity contribution in [3.63, 3.8) is 0 Å². The minimum Gasteiger partial charge on any atom is -0.497 e. The Morgan fingerprint density at radius 3 is 2.62 bits per heavy atom. The Balaban J connectivity index is 1.87. The summed E-state index contributed by atoms with van der Waals surface area (Å²) < 4.78 is 10.7. The van der Waals surface area contributed by atoms with Crippen molar-refractivity contribution in [3.05, 3.63) is 53.6 Å². The van der Waals surface area contributed by atoms with Gasteiger partial charge in [-0.1, -0.05) is 12.1 Å². The second-order valence-corrected chi connectivity index (χ2v) is 5.39. The van der Waals surface area contributed by atoms with Crippen LogP contribution in [0.3, 0.4) is 0 Å². The molecule has 0 heterocycles. The van der Waals surface area contributed by atoms with Gasteiger partial charge >= 0.3 is 0 Å². The van der Waals surface area contributed by atoms with Crippen LogP contribution < -0.4 is 14.8 Å². The second-order valence-electron chi connectivity index (χ2n) is 5.39. The van der Waals surface area contributed by atoms with E-state index in [1.807, 2.05) is 24.3 Å². The van der Waals surface area contributed by atoms with Gasteiger partial charge in [-0.25, -0.2) is 0 Å². The number of hydrogen-bond acceptors (Lipinski definition) is 3. The van der Waals surface area contributed by atoms with Crippen molar-refractivity contribution in [2.75, 3.05) is 19.5 Å². The van der Waals surface area contributed by atoms with Gasteiger partial charge in [0.05, 0.1) is 20.3 Å². The highest BCUT2D eigenvalue weighted by Crippen LogP contribution is 2.35. The van der Waals surface area contributed by atoms with E-state index in [-0.39, 0.29) is 0 Å². The molecular formula is C18H21NO2. The molecule has 1 atom stereocenters. The lowest BCUT2D eigenvalue weighted by Gasteiger charge is -2.27. The van der Waals surface area contributed by atoms with Crippen LogP contribution in [0.5, 0.6) is 11.5 Å². The fourth-order valence-electron chi connectivity index (χ4n) is 2.97. The molecule has 0 bridgehead atoms. The van der Waals surface area contributed by atoms with Crippen LogP contribution in [0, 0.1) is 0 Å². The highest BCUT2D eigenvalue weighted by atomic mass is 16.5. The molecule has 0 aliphatic heterocycles. The molecule has 2 aromatic rings.